The molecule has 2 N–H and O–H groups in total. The molecule has 4 rings (SSSR count). The van der Waals surface area contributed by atoms with Gasteiger partial charge in [-0.2, -0.15) is 0 Å². The summed E-state index contributed by atoms with van der Waals surface area (Å²) in [7, 11) is 0. The normalized spacial score (nSPS) is 26.4. The summed E-state index contributed by atoms with van der Waals surface area (Å²) in [6.45, 7) is 19.1. The first-order valence-corrected chi connectivity index (χ1v) is 15.9. The van der Waals surface area contributed by atoms with E-state index in [0.29, 0.717) is 36.9 Å². The van der Waals surface area contributed by atoms with Crippen molar-refractivity contribution in [3.05, 3.63) is 0 Å². The van der Waals surface area contributed by atoms with E-state index >= 15 is 0 Å². The number of hydrogen-bond donors (Lipinski definition) is 2. The Morgan fingerprint density at radius 2 is 0.861 bits per heavy atom. The second-order valence-corrected chi connectivity index (χ2v) is 12.6. The molecule has 0 aliphatic heterocycles. The van der Waals surface area contributed by atoms with Crippen molar-refractivity contribution in [3.63, 3.8) is 0 Å². The Kier molecular flexibility index (Phi) is 10.6. The molecule has 210 valence electrons. The monoisotopic (exact) mass is 504 g/mol. The van der Waals surface area contributed by atoms with Crippen LogP contribution in [0.25, 0.3) is 0 Å². The molecule has 4 fully saturated rings. The Balaban J connectivity index is 1.40. The van der Waals surface area contributed by atoms with E-state index in [1.807, 2.05) is 0 Å². The summed E-state index contributed by atoms with van der Waals surface area (Å²) in [6.07, 6.45) is 18.6. The van der Waals surface area contributed by atoms with Gasteiger partial charge >= 0.3 is 0 Å². The predicted octanol–water partition coefficient (Wildman–Crippen LogP) is 5.35. The summed E-state index contributed by atoms with van der Waals surface area (Å²) in [5.74, 6) is 0. The molecular formula is C30H60N6. The fourth-order valence-corrected chi connectivity index (χ4v) is 7.62. The maximum Gasteiger partial charge on any atom is 0.0611 e. The zero-order valence-corrected chi connectivity index (χ0v) is 24.9. The van der Waals surface area contributed by atoms with Crippen LogP contribution in [-0.2, 0) is 0 Å². The minimum atomic E-state index is 0.354. The molecule has 0 aromatic rings. The third-order valence-corrected chi connectivity index (χ3v) is 10.5. The molecule has 0 radical (unpaired) electrons. The van der Waals surface area contributed by atoms with Crippen molar-refractivity contribution >= 4 is 0 Å². The van der Waals surface area contributed by atoms with Gasteiger partial charge in [-0.15, -0.1) is 0 Å². The first-order valence-electron chi connectivity index (χ1n) is 15.9. The van der Waals surface area contributed by atoms with Gasteiger partial charge in [0.2, 0.25) is 0 Å². The summed E-state index contributed by atoms with van der Waals surface area (Å²) >= 11 is 0. The van der Waals surface area contributed by atoms with Crippen LogP contribution in [0.4, 0.5) is 0 Å². The van der Waals surface area contributed by atoms with E-state index in [1.54, 1.807) is 0 Å². The highest BCUT2D eigenvalue weighted by Crippen LogP contribution is 2.34. The highest BCUT2D eigenvalue weighted by atomic mass is 15.5. The summed E-state index contributed by atoms with van der Waals surface area (Å²) < 4.78 is 0. The second kappa shape index (κ2) is 13.2. The Bertz CT molecular complexity index is 643. The van der Waals surface area contributed by atoms with Crippen LogP contribution in [0.5, 0.6) is 0 Å². The van der Waals surface area contributed by atoms with Crippen LogP contribution in [0, 0.1) is 0 Å². The third-order valence-electron chi connectivity index (χ3n) is 10.5. The molecule has 0 aromatic carbocycles. The zero-order chi connectivity index (χ0) is 25.8. The molecule has 5 atom stereocenters. The Hall–Kier alpha value is -0.240. The standard InChI is InChI=1S/C30H60N6/c1-8-33(27-14-10-15-27)22(3)31-23(4)35(29-18-12-19-29)24(5)32-25(6)36(30-20-13-21-30)26(7)34(9-2)28-16-11-17-28/h22-32H,8-21H2,1-7H3. The molecule has 0 bridgehead atoms. The summed E-state index contributed by atoms with van der Waals surface area (Å²) in [6, 6.07) is 3.01. The van der Waals surface area contributed by atoms with Crippen LogP contribution in [0.2, 0.25) is 0 Å². The van der Waals surface area contributed by atoms with Crippen LogP contribution in [0.15, 0.2) is 0 Å². The van der Waals surface area contributed by atoms with Crippen molar-refractivity contribution in [2.24, 2.45) is 0 Å². The lowest BCUT2D eigenvalue weighted by molar-refractivity contribution is -0.0796. The zero-order valence-electron chi connectivity index (χ0n) is 24.9. The molecule has 5 unspecified atom stereocenters. The molecule has 4 aliphatic rings. The van der Waals surface area contributed by atoms with E-state index in [4.69, 9.17) is 0 Å². The van der Waals surface area contributed by atoms with Crippen LogP contribution >= 0.6 is 0 Å². The van der Waals surface area contributed by atoms with Crippen LogP contribution in [0.3, 0.4) is 0 Å². The molecule has 6 nitrogen and oxygen atoms in total. The van der Waals surface area contributed by atoms with Gasteiger partial charge in [-0.3, -0.25) is 30.2 Å². The molecule has 0 saturated heterocycles. The van der Waals surface area contributed by atoms with Crippen molar-refractivity contribution in [1.82, 2.24) is 30.2 Å². The predicted molar refractivity (Wildman–Crippen MR) is 153 cm³/mol. The van der Waals surface area contributed by atoms with E-state index < -0.39 is 0 Å². The van der Waals surface area contributed by atoms with Crippen molar-refractivity contribution in [1.29, 1.82) is 0 Å². The molecule has 36 heavy (non-hydrogen) atoms. The van der Waals surface area contributed by atoms with E-state index in [2.05, 4.69) is 78.7 Å². The van der Waals surface area contributed by atoms with E-state index in [9.17, 15) is 0 Å². The number of nitrogens with one attached hydrogen (secondary N) is 2. The SMILES string of the molecule is CCN(C1CCC1)C(C)NC(C)N(C1CCC1)C(C)NC(C)N(C1CCC1)C(C)N(CC)C1CCC1. The Morgan fingerprint density at radius 3 is 1.25 bits per heavy atom. The highest BCUT2D eigenvalue weighted by molar-refractivity contribution is 4.92. The average molecular weight is 505 g/mol. The summed E-state index contributed by atoms with van der Waals surface area (Å²) in [4.78, 5) is 11.1. The van der Waals surface area contributed by atoms with Crippen molar-refractivity contribution in [2.75, 3.05) is 13.1 Å². The van der Waals surface area contributed by atoms with Crippen LogP contribution in [0.1, 0.15) is 126 Å². The fraction of sp³-hybridized carbons (Fsp3) is 1.00. The van der Waals surface area contributed by atoms with E-state index in [-0.39, 0.29) is 0 Å². The van der Waals surface area contributed by atoms with Gasteiger partial charge in [0.15, 0.2) is 0 Å². The lowest BCUT2D eigenvalue weighted by Crippen LogP contribution is -2.67. The van der Waals surface area contributed by atoms with Gasteiger partial charge in [0.1, 0.15) is 0 Å². The molecule has 0 aromatic heterocycles. The number of nitrogens with zero attached hydrogens (tertiary/aromatic N) is 4. The van der Waals surface area contributed by atoms with Crippen LogP contribution < -0.4 is 10.6 Å². The van der Waals surface area contributed by atoms with Gasteiger partial charge in [-0.1, -0.05) is 39.5 Å². The average Bonchev–Trinajstić information content (AvgIpc) is 2.70. The molecule has 0 amide bonds. The lowest BCUT2D eigenvalue weighted by Gasteiger charge is -2.53. The smallest absolute Gasteiger partial charge is 0.0611 e. The van der Waals surface area contributed by atoms with Gasteiger partial charge in [0.05, 0.1) is 30.8 Å². The Labute approximate surface area is 223 Å². The molecule has 4 saturated carbocycles. The van der Waals surface area contributed by atoms with Crippen molar-refractivity contribution in [2.45, 2.75) is 181 Å². The molecule has 0 heterocycles. The maximum absolute atomic E-state index is 4.13. The summed E-state index contributed by atoms with van der Waals surface area (Å²) in [5, 5.41) is 8.16. The lowest BCUT2D eigenvalue weighted by atomic mass is 9.88. The highest BCUT2D eigenvalue weighted by Gasteiger charge is 2.40. The third kappa shape index (κ3) is 6.31. The fourth-order valence-electron chi connectivity index (χ4n) is 7.62. The largest absolute Gasteiger partial charge is 0.287 e. The molecule has 0 spiro atoms. The van der Waals surface area contributed by atoms with Crippen molar-refractivity contribution in [3.8, 4) is 0 Å². The molecule has 4 aliphatic carbocycles. The van der Waals surface area contributed by atoms with Gasteiger partial charge in [0, 0.05) is 24.2 Å². The van der Waals surface area contributed by atoms with Gasteiger partial charge in [0.25, 0.3) is 0 Å². The topological polar surface area (TPSA) is 37.0 Å². The number of hydrogen-bond acceptors (Lipinski definition) is 6. The molecule has 6 heteroatoms. The first kappa shape index (κ1) is 28.8. The summed E-state index contributed by atoms with van der Waals surface area (Å²) in [5.41, 5.74) is 0. The van der Waals surface area contributed by atoms with Crippen LogP contribution in [-0.4, -0.2) is 87.7 Å². The quantitative estimate of drug-likeness (QED) is 0.276. The Morgan fingerprint density at radius 1 is 0.500 bits per heavy atom. The maximum atomic E-state index is 4.13. The van der Waals surface area contributed by atoms with Gasteiger partial charge < -0.3 is 0 Å². The van der Waals surface area contributed by atoms with Gasteiger partial charge in [-0.05, 0) is 99.1 Å². The molecular weight excluding hydrogens is 444 g/mol. The minimum Gasteiger partial charge on any atom is -0.287 e. The van der Waals surface area contributed by atoms with E-state index in [0.717, 1.165) is 24.7 Å². The minimum absolute atomic E-state index is 0.354. The van der Waals surface area contributed by atoms with E-state index in [1.165, 1.54) is 83.6 Å². The van der Waals surface area contributed by atoms with Crippen molar-refractivity contribution < 1.29 is 0 Å². The first-order chi connectivity index (χ1) is 17.3. The van der Waals surface area contributed by atoms with Gasteiger partial charge in [-0.25, -0.2) is 0 Å². The number of rotatable bonds is 16. The second-order valence-electron chi connectivity index (χ2n) is 12.6.